The fourth-order valence-electron chi connectivity index (χ4n) is 2.58. The molecule has 0 fully saturated rings. The molecule has 0 spiro atoms. The van der Waals surface area contributed by atoms with E-state index >= 15 is 0 Å². The number of halogens is 1. The molecule has 0 unspecified atom stereocenters. The van der Waals surface area contributed by atoms with Crippen LogP contribution in [0.2, 0.25) is 0 Å². The van der Waals surface area contributed by atoms with Gasteiger partial charge in [0, 0.05) is 46.9 Å². The van der Waals surface area contributed by atoms with Gasteiger partial charge in [-0.25, -0.2) is 8.42 Å². The van der Waals surface area contributed by atoms with Gasteiger partial charge in [0.15, 0.2) is 15.8 Å². The normalized spacial score (nSPS) is 11.9. The smallest absolute Gasteiger partial charge is 0.191 e. The van der Waals surface area contributed by atoms with Crippen molar-refractivity contribution in [2.75, 3.05) is 59.7 Å². The third-order valence-corrected chi connectivity index (χ3v) is 5.74. The zero-order valence-electron chi connectivity index (χ0n) is 17.2. The Hall–Kier alpha value is -0.910. The maximum absolute atomic E-state index is 12.2. The van der Waals surface area contributed by atoms with Crippen molar-refractivity contribution in [3.05, 3.63) is 35.9 Å². The van der Waals surface area contributed by atoms with Crippen LogP contribution in [0.1, 0.15) is 18.4 Å². The average Bonchev–Trinajstić information content (AvgIpc) is 2.64. The minimum absolute atomic E-state index is 0. The Bertz CT molecular complexity index is 642. The summed E-state index contributed by atoms with van der Waals surface area (Å²) in [6, 6.07) is 9.28. The highest BCUT2D eigenvalue weighted by atomic mass is 127. The van der Waals surface area contributed by atoms with Gasteiger partial charge in [-0.05, 0) is 25.5 Å². The molecule has 0 amide bonds. The third kappa shape index (κ3) is 13.3. The monoisotopic (exact) mass is 526 g/mol. The molecule has 0 radical (unpaired) electrons. The Balaban J connectivity index is 0.00000729. The number of hydrogen-bond acceptors (Lipinski definition) is 5. The zero-order valence-corrected chi connectivity index (χ0v) is 20.3. The molecule has 162 valence electrons. The van der Waals surface area contributed by atoms with Gasteiger partial charge in [0.05, 0.1) is 11.5 Å². The van der Waals surface area contributed by atoms with Gasteiger partial charge >= 0.3 is 0 Å². The van der Waals surface area contributed by atoms with E-state index in [1.807, 2.05) is 30.3 Å². The lowest BCUT2D eigenvalue weighted by atomic mass is 10.2. The molecule has 0 aromatic heterocycles. The maximum Gasteiger partial charge on any atom is 0.191 e. The first-order valence-corrected chi connectivity index (χ1v) is 11.2. The molecule has 0 bridgehead atoms. The van der Waals surface area contributed by atoms with Crippen LogP contribution in [0.15, 0.2) is 35.3 Å². The van der Waals surface area contributed by atoms with Gasteiger partial charge in [-0.2, -0.15) is 0 Å². The number of nitrogens with one attached hydrogen (secondary N) is 2. The molecule has 0 heterocycles. The molecule has 0 atom stereocenters. The average molecular weight is 526 g/mol. The number of hydrogen-bond donors (Lipinski definition) is 2. The van der Waals surface area contributed by atoms with Crippen LogP contribution in [0.25, 0.3) is 0 Å². The van der Waals surface area contributed by atoms with Crippen LogP contribution in [0.3, 0.4) is 0 Å². The molecule has 0 saturated carbocycles. The fraction of sp³-hybridized carbons (Fsp3) is 0.632. The fourth-order valence-corrected chi connectivity index (χ4v) is 4.00. The predicted octanol–water partition coefficient (Wildman–Crippen LogP) is 1.74. The Morgan fingerprint density at radius 1 is 1.11 bits per heavy atom. The standard InChI is InChI=1S/C19H34N4O3S.HI/c1-20-19(22-12-14-23(2)13-8-15-26-3)21-11-7-16-27(24,25)17-18-9-5-4-6-10-18;/h4-6,9-10H,7-8,11-17H2,1-3H3,(H2,20,21,22);1H. The first kappa shape index (κ1) is 27.1. The van der Waals surface area contributed by atoms with Crippen molar-refractivity contribution in [3.8, 4) is 0 Å². The summed E-state index contributed by atoms with van der Waals surface area (Å²) in [5.74, 6) is 0.949. The molecule has 28 heavy (non-hydrogen) atoms. The number of methoxy groups -OCH3 is 1. The van der Waals surface area contributed by atoms with Gasteiger partial charge in [-0.1, -0.05) is 30.3 Å². The molecule has 0 saturated heterocycles. The number of aliphatic imine (C=N–C) groups is 1. The summed E-state index contributed by atoms with van der Waals surface area (Å²) >= 11 is 0. The molecule has 9 heteroatoms. The van der Waals surface area contributed by atoms with E-state index in [1.165, 1.54) is 0 Å². The summed E-state index contributed by atoms with van der Waals surface area (Å²) in [7, 11) is 2.40. The molecule has 1 aromatic rings. The highest BCUT2D eigenvalue weighted by Gasteiger charge is 2.11. The van der Waals surface area contributed by atoms with Crippen molar-refractivity contribution in [1.82, 2.24) is 15.5 Å². The second kappa shape index (κ2) is 15.9. The van der Waals surface area contributed by atoms with Crippen molar-refractivity contribution in [2.24, 2.45) is 4.99 Å². The number of guanidine groups is 1. The van der Waals surface area contributed by atoms with Crippen LogP contribution in [0, 0.1) is 0 Å². The van der Waals surface area contributed by atoms with Gasteiger partial charge in [0.25, 0.3) is 0 Å². The van der Waals surface area contributed by atoms with E-state index in [9.17, 15) is 8.42 Å². The van der Waals surface area contributed by atoms with Crippen molar-refractivity contribution < 1.29 is 13.2 Å². The number of ether oxygens (including phenoxy) is 1. The van der Waals surface area contributed by atoms with Crippen LogP contribution in [-0.2, 0) is 20.3 Å². The largest absolute Gasteiger partial charge is 0.385 e. The summed E-state index contributed by atoms with van der Waals surface area (Å²) in [5.41, 5.74) is 0.831. The predicted molar refractivity (Wildman–Crippen MR) is 127 cm³/mol. The van der Waals surface area contributed by atoms with Crippen molar-refractivity contribution >= 4 is 39.8 Å². The topological polar surface area (TPSA) is 83.0 Å². The van der Waals surface area contributed by atoms with E-state index in [0.29, 0.717) is 18.9 Å². The van der Waals surface area contributed by atoms with Crippen molar-refractivity contribution in [1.29, 1.82) is 0 Å². The molecular weight excluding hydrogens is 491 g/mol. The third-order valence-electron chi connectivity index (χ3n) is 4.05. The highest BCUT2D eigenvalue weighted by molar-refractivity contribution is 14.0. The Kier molecular flexibility index (Phi) is 15.4. The van der Waals surface area contributed by atoms with Crippen LogP contribution in [0.4, 0.5) is 0 Å². The van der Waals surface area contributed by atoms with Crippen LogP contribution in [-0.4, -0.2) is 79.0 Å². The van der Waals surface area contributed by atoms with E-state index in [0.717, 1.165) is 38.2 Å². The Morgan fingerprint density at radius 3 is 2.43 bits per heavy atom. The van der Waals surface area contributed by atoms with E-state index in [1.54, 1.807) is 14.2 Å². The molecule has 0 aliphatic rings. The number of likely N-dealkylation sites (N-methyl/N-ethyl adjacent to an activating group) is 1. The minimum Gasteiger partial charge on any atom is -0.385 e. The number of sulfone groups is 1. The number of nitrogens with zero attached hydrogens (tertiary/aromatic N) is 2. The summed E-state index contributed by atoms with van der Waals surface area (Å²) < 4.78 is 29.4. The molecule has 7 nitrogen and oxygen atoms in total. The minimum atomic E-state index is -3.10. The van der Waals surface area contributed by atoms with Gasteiger partial charge < -0.3 is 20.3 Å². The molecule has 1 aromatic carbocycles. The van der Waals surface area contributed by atoms with E-state index in [2.05, 4.69) is 27.6 Å². The first-order valence-electron chi connectivity index (χ1n) is 9.33. The summed E-state index contributed by atoms with van der Waals surface area (Å²) in [6.07, 6.45) is 1.56. The number of rotatable bonds is 13. The Morgan fingerprint density at radius 2 is 1.79 bits per heavy atom. The molecule has 0 aliphatic heterocycles. The second-order valence-electron chi connectivity index (χ2n) is 6.51. The van der Waals surface area contributed by atoms with Gasteiger partial charge in [-0.15, -0.1) is 24.0 Å². The lowest BCUT2D eigenvalue weighted by molar-refractivity contribution is 0.180. The summed E-state index contributed by atoms with van der Waals surface area (Å²) in [6.45, 7) is 4.00. The SMILES string of the molecule is CN=C(NCCCS(=O)(=O)Cc1ccccc1)NCCN(C)CCCOC.I. The van der Waals surface area contributed by atoms with Crippen LogP contribution >= 0.6 is 24.0 Å². The first-order chi connectivity index (χ1) is 13.0. The second-order valence-corrected chi connectivity index (χ2v) is 8.69. The lowest BCUT2D eigenvalue weighted by Gasteiger charge is -2.18. The lowest BCUT2D eigenvalue weighted by Crippen LogP contribution is -2.41. The van der Waals surface area contributed by atoms with E-state index < -0.39 is 9.84 Å². The summed E-state index contributed by atoms with van der Waals surface area (Å²) in [5, 5.41) is 6.41. The van der Waals surface area contributed by atoms with Gasteiger partial charge in [0.1, 0.15) is 0 Å². The van der Waals surface area contributed by atoms with Crippen LogP contribution < -0.4 is 10.6 Å². The van der Waals surface area contributed by atoms with E-state index in [-0.39, 0.29) is 35.5 Å². The molecule has 1 rings (SSSR count). The Labute approximate surface area is 187 Å². The molecule has 2 N–H and O–H groups in total. The molecular formula is C19H35IN4O3S. The number of benzene rings is 1. The van der Waals surface area contributed by atoms with Crippen molar-refractivity contribution in [2.45, 2.75) is 18.6 Å². The zero-order chi connectivity index (χ0) is 20.0. The quantitative estimate of drug-likeness (QED) is 0.176. The van der Waals surface area contributed by atoms with Gasteiger partial charge in [-0.3, -0.25) is 4.99 Å². The van der Waals surface area contributed by atoms with Crippen molar-refractivity contribution in [3.63, 3.8) is 0 Å². The molecule has 0 aliphatic carbocycles. The van der Waals surface area contributed by atoms with E-state index in [4.69, 9.17) is 4.74 Å². The van der Waals surface area contributed by atoms with Gasteiger partial charge in [0.2, 0.25) is 0 Å². The van der Waals surface area contributed by atoms with Crippen LogP contribution in [0.5, 0.6) is 0 Å². The highest BCUT2D eigenvalue weighted by Crippen LogP contribution is 2.06. The maximum atomic E-state index is 12.2. The summed E-state index contributed by atoms with van der Waals surface area (Å²) in [4.78, 5) is 6.40.